The molecule has 3 rings (SSSR count). The third kappa shape index (κ3) is 5.66. The van der Waals surface area contributed by atoms with E-state index in [9.17, 15) is 0 Å². The van der Waals surface area contributed by atoms with Crippen molar-refractivity contribution in [1.82, 2.24) is 10.5 Å². The second-order valence-electron chi connectivity index (χ2n) is 7.20. The number of hydrogen-bond donors (Lipinski definition) is 1. The Hall–Kier alpha value is -1.65. The van der Waals surface area contributed by atoms with E-state index in [1.807, 2.05) is 0 Å². The van der Waals surface area contributed by atoms with Gasteiger partial charge in [-0.2, -0.15) is 0 Å². The highest BCUT2D eigenvalue weighted by Crippen LogP contribution is 2.26. The van der Waals surface area contributed by atoms with Crippen molar-refractivity contribution in [1.29, 1.82) is 0 Å². The minimum Gasteiger partial charge on any atom is -0.356 e. The number of hydrogen-bond acceptors (Lipinski definition) is 3. The molecule has 27 heavy (non-hydrogen) atoms. The van der Waals surface area contributed by atoms with Crippen LogP contribution in [-0.4, -0.2) is 11.7 Å². The summed E-state index contributed by atoms with van der Waals surface area (Å²) >= 11 is 3.53. The first-order chi connectivity index (χ1) is 13.3. The fraction of sp³-hybridized carbons (Fsp3) is 0.435. The molecule has 4 heteroatoms. The lowest BCUT2D eigenvalue weighted by molar-refractivity contribution is 0.393. The number of halogens is 1. The maximum atomic E-state index is 5.62. The van der Waals surface area contributed by atoms with Crippen LogP contribution in [0.5, 0.6) is 0 Å². The van der Waals surface area contributed by atoms with Crippen LogP contribution in [0.3, 0.4) is 0 Å². The Morgan fingerprint density at radius 1 is 1.04 bits per heavy atom. The Labute approximate surface area is 170 Å². The van der Waals surface area contributed by atoms with E-state index in [1.54, 1.807) is 0 Å². The molecule has 0 radical (unpaired) electrons. The molecule has 0 aliphatic carbocycles. The van der Waals surface area contributed by atoms with E-state index < -0.39 is 0 Å². The van der Waals surface area contributed by atoms with Crippen molar-refractivity contribution in [2.24, 2.45) is 5.92 Å². The molecule has 1 heterocycles. The Bertz CT molecular complexity index is 816. The topological polar surface area (TPSA) is 38.1 Å². The van der Waals surface area contributed by atoms with E-state index in [4.69, 9.17) is 4.52 Å². The van der Waals surface area contributed by atoms with Crippen molar-refractivity contribution >= 4 is 26.9 Å². The summed E-state index contributed by atoms with van der Waals surface area (Å²) in [5.74, 6) is 0.726. The maximum absolute atomic E-state index is 5.62. The van der Waals surface area contributed by atoms with Crippen LogP contribution in [0.1, 0.15) is 49.4 Å². The van der Waals surface area contributed by atoms with Gasteiger partial charge >= 0.3 is 0 Å². The summed E-state index contributed by atoms with van der Waals surface area (Å²) in [6, 6.07) is 16.9. The first kappa shape index (κ1) is 20.1. The van der Waals surface area contributed by atoms with Gasteiger partial charge in [0.05, 0.1) is 5.69 Å². The molecule has 0 aliphatic heterocycles. The lowest BCUT2D eigenvalue weighted by Crippen LogP contribution is -2.18. The monoisotopic (exact) mass is 428 g/mol. The number of aryl methyl sites for hydroxylation is 1. The Kier molecular flexibility index (Phi) is 7.91. The number of nitrogens with one attached hydrogen (secondary N) is 1. The molecule has 1 N–H and O–H groups in total. The van der Waals surface area contributed by atoms with Crippen LogP contribution in [-0.2, 0) is 18.3 Å². The molecule has 1 atom stereocenters. The molecule has 3 nitrogen and oxygen atoms in total. The van der Waals surface area contributed by atoms with Gasteiger partial charge in [0.2, 0.25) is 0 Å². The fourth-order valence-corrected chi connectivity index (χ4v) is 4.11. The van der Waals surface area contributed by atoms with Gasteiger partial charge in [0.25, 0.3) is 0 Å². The van der Waals surface area contributed by atoms with E-state index in [0.717, 1.165) is 42.0 Å². The average Bonchev–Trinajstić information content (AvgIpc) is 3.13. The summed E-state index contributed by atoms with van der Waals surface area (Å²) in [7, 11) is 0. The van der Waals surface area contributed by atoms with Gasteiger partial charge in [0.15, 0.2) is 5.58 Å². The minimum absolute atomic E-state index is 0.726. The molecule has 2 aromatic carbocycles. The molecule has 1 unspecified atom stereocenters. The number of rotatable bonds is 11. The van der Waals surface area contributed by atoms with E-state index in [2.05, 4.69) is 81.9 Å². The molecule has 0 bridgehead atoms. The molecule has 1 aromatic heterocycles. The first-order valence-electron chi connectivity index (χ1n) is 9.98. The highest BCUT2D eigenvalue weighted by Gasteiger charge is 2.14. The van der Waals surface area contributed by atoms with E-state index in [1.165, 1.54) is 42.2 Å². The molecule has 0 fully saturated rings. The third-order valence-corrected chi connectivity index (χ3v) is 5.79. The van der Waals surface area contributed by atoms with Crippen LogP contribution in [0.25, 0.3) is 11.0 Å². The Morgan fingerprint density at radius 3 is 2.67 bits per heavy atom. The molecule has 3 aromatic rings. The van der Waals surface area contributed by atoms with Gasteiger partial charge in [0, 0.05) is 22.8 Å². The fourth-order valence-electron chi connectivity index (χ4n) is 3.67. The molecule has 0 aliphatic rings. The minimum atomic E-state index is 0.726. The number of nitrogens with zero attached hydrogens (tertiary/aromatic N) is 1. The SMILES string of the molecule is CCCC(CCNCc1ccccc1)CCc1noc2c(CBr)cccc12. The summed E-state index contributed by atoms with van der Waals surface area (Å²) in [6.07, 6.45) is 5.87. The van der Waals surface area contributed by atoms with Crippen LogP contribution in [0.2, 0.25) is 0 Å². The third-order valence-electron chi connectivity index (χ3n) is 5.19. The average molecular weight is 429 g/mol. The van der Waals surface area contributed by atoms with E-state index in [-0.39, 0.29) is 0 Å². The molecule has 144 valence electrons. The van der Waals surface area contributed by atoms with Crippen LogP contribution < -0.4 is 5.32 Å². The maximum Gasteiger partial charge on any atom is 0.171 e. The Morgan fingerprint density at radius 2 is 1.89 bits per heavy atom. The van der Waals surface area contributed by atoms with Crippen LogP contribution in [0.15, 0.2) is 53.1 Å². The normalized spacial score (nSPS) is 12.5. The molecule has 0 amide bonds. The highest BCUT2D eigenvalue weighted by atomic mass is 79.9. The van der Waals surface area contributed by atoms with Crippen molar-refractivity contribution in [3.63, 3.8) is 0 Å². The molecule has 0 saturated carbocycles. The van der Waals surface area contributed by atoms with Crippen molar-refractivity contribution in [2.45, 2.75) is 50.9 Å². The predicted octanol–water partition coefficient (Wildman–Crippen LogP) is 6.25. The van der Waals surface area contributed by atoms with Gasteiger partial charge in [-0.25, -0.2) is 0 Å². The zero-order valence-corrected chi connectivity index (χ0v) is 17.7. The van der Waals surface area contributed by atoms with Crippen molar-refractivity contribution < 1.29 is 4.52 Å². The van der Waals surface area contributed by atoms with Gasteiger partial charge in [-0.15, -0.1) is 0 Å². The lowest BCUT2D eigenvalue weighted by Gasteiger charge is -2.16. The first-order valence-corrected chi connectivity index (χ1v) is 11.1. The van der Waals surface area contributed by atoms with Gasteiger partial charge in [-0.3, -0.25) is 0 Å². The number of aromatic nitrogens is 1. The summed E-state index contributed by atoms with van der Waals surface area (Å²) in [5.41, 5.74) is 4.55. The second-order valence-corrected chi connectivity index (χ2v) is 7.76. The summed E-state index contributed by atoms with van der Waals surface area (Å²) in [5, 5.41) is 9.92. The molecular formula is C23H29BrN2O. The van der Waals surface area contributed by atoms with Gasteiger partial charge in [-0.05, 0) is 43.4 Å². The zero-order valence-electron chi connectivity index (χ0n) is 16.1. The van der Waals surface area contributed by atoms with Crippen LogP contribution in [0, 0.1) is 5.92 Å². The van der Waals surface area contributed by atoms with E-state index in [0.29, 0.717) is 0 Å². The molecule has 0 saturated heterocycles. The van der Waals surface area contributed by atoms with Gasteiger partial charge < -0.3 is 9.84 Å². The van der Waals surface area contributed by atoms with Gasteiger partial charge in [-0.1, -0.05) is 83.3 Å². The molecule has 0 spiro atoms. The van der Waals surface area contributed by atoms with E-state index >= 15 is 0 Å². The van der Waals surface area contributed by atoms with Crippen molar-refractivity contribution in [2.75, 3.05) is 6.54 Å². The second kappa shape index (κ2) is 10.6. The summed E-state index contributed by atoms with van der Waals surface area (Å²) in [4.78, 5) is 0. The smallest absolute Gasteiger partial charge is 0.171 e. The Balaban J connectivity index is 1.51. The highest BCUT2D eigenvalue weighted by molar-refractivity contribution is 9.08. The lowest BCUT2D eigenvalue weighted by atomic mass is 9.93. The summed E-state index contributed by atoms with van der Waals surface area (Å²) in [6.45, 7) is 4.29. The number of para-hydroxylation sites is 1. The largest absolute Gasteiger partial charge is 0.356 e. The predicted molar refractivity (Wildman–Crippen MR) is 116 cm³/mol. The number of benzene rings is 2. The molecular weight excluding hydrogens is 400 g/mol. The quantitative estimate of drug-likeness (QED) is 0.289. The number of fused-ring (bicyclic) bond motifs is 1. The summed E-state index contributed by atoms with van der Waals surface area (Å²) < 4.78 is 5.62. The van der Waals surface area contributed by atoms with Gasteiger partial charge in [0.1, 0.15) is 0 Å². The van der Waals surface area contributed by atoms with Crippen LogP contribution >= 0.6 is 15.9 Å². The van der Waals surface area contributed by atoms with Crippen LogP contribution in [0.4, 0.5) is 0 Å². The van der Waals surface area contributed by atoms with Crippen molar-refractivity contribution in [3.05, 3.63) is 65.4 Å². The zero-order chi connectivity index (χ0) is 18.9. The standard InChI is InChI=1S/C23H29BrN2O/c1-2-7-18(14-15-25-17-19-8-4-3-5-9-19)12-13-22-21-11-6-10-20(16-24)23(21)27-26-22/h3-6,8-11,18,25H,2,7,12-17H2,1H3. The number of alkyl halides is 1. The van der Waals surface area contributed by atoms with Crippen molar-refractivity contribution in [3.8, 4) is 0 Å².